The van der Waals surface area contributed by atoms with E-state index in [0.29, 0.717) is 18.7 Å². The Kier molecular flexibility index (Phi) is 3.59. The molecule has 0 aliphatic carbocycles. The molecule has 2 amide bonds. The lowest BCUT2D eigenvalue weighted by molar-refractivity contribution is -0.127. The van der Waals surface area contributed by atoms with E-state index in [-0.39, 0.29) is 5.91 Å². The summed E-state index contributed by atoms with van der Waals surface area (Å²) >= 11 is 0. The van der Waals surface area contributed by atoms with Gasteiger partial charge in [0.15, 0.2) is 0 Å². The number of anilines is 1. The summed E-state index contributed by atoms with van der Waals surface area (Å²) in [4.78, 5) is 25.8. The van der Waals surface area contributed by atoms with Crippen LogP contribution < -0.4 is 15.5 Å². The zero-order valence-electron chi connectivity index (χ0n) is 12.1. The summed E-state index contributed by atoms with van der Waals surface area (Å²) in [6.07, 6.45) is 3.19. The zero-order chi connectivity index (χ0) is 15.9. The summed E-state index contributed by atoms with van der Waals surface area (Å²) < 4.78 is 27.8. The van der Waals surface area contributed by atoms with Crippen LogP contribution in [-0.4, -0.2) is 52.7 Å². The second kappa shape index (κ2) is 5.31. The van der Waals surface area contributed by atoms with Gasteiger partial charge in [-0.1, -0.05) is 0 Å². The van der Waals surface area contributed by atoms with Gasteiger partial charge in [-0.25, -0.2) is 8.78 Å². The van der Waals surface area contributed by atoms with Crippen molar-refractivity contribution in [2.75, 3.05) is 18.0 Å². The Balaban J connectivity index is 1.60. The van der Waals surface area contributed by atoms with E-state index in [1.165, 1.54) is 4.90 Å². The highest BCUT2D eigenvalue weighted by Gasteiger charge is 2.43. The van der Waals surface area contributed by atoms with E-state index in [9.17, 15) is 18.4 Å². The predicted molar refractivity (Wildman–Crippen MR) is 73.5 cm³/mol. The molecule has 22 heavy (non-hydrogen) atoms. The average Bonchev–Trinajstić information content (AvgIpc) is 3.11. The van der Waals surface area contributed by atoms with Crippen LogP contribution in [0.5, 0.6) is 0 Å². The molecule has 2 unspecified atom stereocenters. The minimum absolute atomic E-state index is 0.244. The van der Waals surface area contributed by atoms with E-state index in [1.54, 1.807) is 24.1 Å². The fraction of sp³-hybridized carbons (Fsp3) is 0.615. The van der Waals surface area contributed by atoms with Crippen LogP contribution in [0, 0.1) is 0 Å². The number of hydrogen-bond donors (Lipinski definition) is 2. The quantitative estimate of drug-likeness (QED) is 0.799. The standard InChI is InChI=1S/C13H17F2N5O2/c1-19-6-8(5-17-19)20-3-2-9(12(20)22)18-11(21)10-4-13(14,15)7-16-10/h5-6,9-10,16H,2-4,7H2,1H3,(H,18,21). The number of aromatic nitrogens is 2. The van der Waals surface area contributed by atoms with Gasteiger partial charge < -0.3 is 10.2 Å². The molecular formula is C13H17F2N5O2. The van der Waals surface area contributed by atoms with Crippen molar-refractivity contribution in [1.82, 2.24) is 20.4 Å². The summed E-state index contributed by atoms with van der Waals surface area (Å²) in [6.45, 7) is -0.0464. The van der Waals surface area contributed by atoms with Crippen LogP contribution in [0.4, 0.5) is 14.5 Å². The first-order valence-electron chi connectivity index (χ1n) is 7.07. The Morgan fingerprint density at radius 1 is 1.55 bits per heavy atom. The monoisotopic (exact) mass is 313 g/mol. The molecule has 2 aliphatic heterocycles. The summed E-state index contributed by atoms with van der Waals surface area (Å²) in [5, 5.41) is 9.05. The highest BCUT2D eigenvalue weighted by molar-refractivity contribution is 6.01. The normalized spacial score (nSPS) is 27.4. The Bertz CT molecular complexity index is 603. The van der Waals surface area contributed by atoms with Gasteiger partial charge in [0.25, 0.3) is 5.92 Å². The molecule has 0 spiro atoms. The number of nitrogens with zero attached hydrogens (tertiary/aromatic N) is 3. The summed E-state index contributed by atoms with van der Waals surface area (Å²) in [5.74, 6) is -3.67. The van der Waals surface area contributed by atoms with Gasteiger partial charge in [0.1, 0.15) is 6.04 Å². The third-order valence-electron chi connectivity index (χ3n) is 3.95. The molecule has 9 heteroatoms. The van der Waals surface area contributed by atoms with Crippen LogP contribution in [0.3, 0.4) is 0 Å². The van der Waals surface area contributed by atoms with Gasteiger partial charge in [-0.05, 0) is 6.42 Å². The summed E-state index contributed by atoms with van der Waals surface area (Å²) in [5.41, 5.74) is 0.662. The number of carbonyl (C=O) groups excluding carboxylic acids is 2. The maximum Gasteiger partial charge on any atom is 0.262 e. The van der Waals surface area contributed by atoms with Crippen molar-refractivity contribution in [2.45, 2.75) is 30.8 Å². The Labute approximate surface area is 125 Å². The first-order valence-corrected chi connectivity index (χ1v) is 7.07. The minimum atomic E-state index is -2.87. The summed E-state index contributed by atoms with van der Waals surface area (Å²) in [6, 6.07) is -1.63. The summed E-state index contributed by atoms with van der Waals surface area (Å²) in [7, 11) is 1.75. The Morgan fingerprint density at radius 3 is 2.91 bits per heavy atom. The van der Waals surface area contributed by atoms with Crippen molar-refractivity contribution < 1.29 is 18.4 Å². The van der Waals surface area contributed by atoms with E-state index in [2.05, 4.69) is 15.7 Å². The fourth-order valence-corrected chi connectivity index (χ4v) is 2.79. The Hall–Kier alpha value is -2.03. The maximum atomic E-state index is 13.1. The van der Waals surface area contributed by atoms with Gasteiger partial charge >= 0.3 is 0 Å². The second-order valence-electron chi connectivity index (χ2n) is 5.71. The molecule has 1 aromatic heterocycles. The number of carbonyl (C=O) groups is 2. The third kappa shape index (κ3) is 2.80. The number of amides is 2. The first kappa shape index (κ1) is 14.9. The van der Waals surface area contributed by atoms with Crippen molar-refractivity contribution in [3.05, 3.63) is 12.4 Å². The van der Waals surface area contributed by atoms with E-state index in [1.807, 2.05) is 0 Å². The molecule has 2 aliphatic rings. The van der Waals surface area contributed by atoms with Crippen molar-refractivity contribution in [1.29, 1.82) is 0 Å². The number of halogens is 2. The molecule has 2 fully saturated rings. The minimum Gasteiger partial charge on any atom is -0.343 e. The van der Waals surface area contributed by atoms with Crippen LogP contribution in [0.1, 0.15) is 12.8 Å². The van der Waals surface area contributed by atoms with Gasteiger partial charge in [-0.15, -0.1) is 0 Å². The molecule has 0 radical (unpaired) electrons. The molecule has 2 atom stereocenters. The van der Waals surface area contributed by atoms with Gasteiger partial charge in [-0.2, -0.15) is 5.10 Å². The number of hydrogen-bond acceptors (Lipinski definition) is 4. The molecule has 7 nitrogen and oxygen atoms in total. The molecule has 3 rings (SSSR count). The van der Waals surface area contributed by atoms with E-state index in [4.69, 9.17) is 0 Å². The molecule has 120 valence electrons. The zero-order valence-corrected chi connectivity index (χ0v) is 12.1. The number of aryl methyl sites for hydroxylation is 1. The first-order chi connectivity index (χ1) is 10.4. The van der Waals surface area contributed by atoms with Gasteiger partial charge in [0.05, 0.1) is 24.5 Å². The van der Waals surface area contributed by atoms with E-state index < -0.39 is 36.9 Å². The smallest absolute Gasteiger partial charge is 0.262 e. The predicted octanol–water partition coefficient (Wildman–Crippen LogP) is -0.361. The van der Waals surface area contributed by atoms with Crippen LogP contribution in [0.15, 0.2) is 12.4 Å². The molecule has 0 bridgehead atoms. The lowest BCUT2D eigenvalue weighted by Crippen LogP contribution is -2.48. The fourth-order valence-electron chi connectivity index (χ4n) is 2.79. The largest absolute Gasteiger partial charge is 0.343 e. The van der Waals surface area contributed by atoms with Crippen LogP contribution in [0.25, 0.3) is 0 Å². The highest BCUT2D eigenvalue weighted by atomic mass is 19.3. The van der Waals surface area contributed by atoms with Gasteiger partial charge in [-0.3, -0.25) is 19.6 Å². The molecule has 2 N–H and O–H groups in total. The molecule has 2 saturated heterocycles. The third-order valence-corrected chi connectivity index (χ3v) is 3.95. The maximum absolute atomic E-state index is 13.1. The molecule has 0 aromatic carbocycles. The molecule has 1 aromatic rings. The van der Waals surface area contributed by atoms with Gasteiger partial charge in [0.2, 0.25) is 11.8 Å². The second-order valence-corrected chi connectivity index (χ2v) is 5.71. The molecule has 0 saturated carbocycles. The number of alkyl halides is 2. The van der Waals surface area contributed by atoms with Crippen molar-refractivity contribution in [3.63, 3.8) is 0 Å². The van der Waals surface area contributed by atoms with Crippen LogP contribution >= 0.6 is 0 Å². The van der Waals surface area contributed by atoms with Crippen molar-refractivity contribution in [3.8, 4) is 0 Å². The average molecular weight is 313 g/mol. The molecular weight excluding hydrogens is 296 g/mol. The highest BCUT2D eigenvalue weighted by Crippen LogP contribution is 2.26. The number of rotatable bonds is 3. The van der Waals surface area contributed by atoms with Crippen LogP contribution in [-0.2, 0) is 16.6 Å². The van der Waals surface area contributed by atoms with E-state index in [0.717, 1.165) is 0 Å². The Morgan fingerprint density at radius 2 is 2.32 bits per heavy atom. The van der Waals surface area contributed by atoms with Crippen molar-refractivity contribution in [2.24, 2.45) is 7.05 Å². The molecule has 3 heterocycles. The van der Waals surface area contributed by atoms with Crippen LogP contribution in [0.2, 0.25) is 0 Å². The SMILES string of the molecule is Cn1cc(N2CCC(NC(=O)C3CC(F)(F)CN3)C2=O)cn1. The lowest BCUT2D eigenvalue weighted by atomic mass is 10.1. The van der Waals surface area contributed by atoms with Gasteiger partial charge in [0, 0.05) is 26.2 Å². The lowest BCUT2D eigenvalue weighted by Gasteiger charge is -2.17. The van der Waals surface area contributed by atoms with E-state index >= 15 is 0 Å². The van der Waals surface area contributed by atoms with Crippen molar-refractivity contribution >= 4 is 17.5 Å². The number of nitrogens with one attached hydrogen (secondary N) is 2. The topological polar surface area (TPSA) is 79.3 Å².